The zero-order valence-electron chi connectivity index (χ0n) is 13.6. The van der Waals surface area contributed by atoms with Crippen LogP contribution in [0.4, 0.5) is 4.39 Å². The number of benzene rings is 2. The first-order valence-electron chi connectivity index (χ1n) is 7.71. The average molecular weight is 341 g/mol. The first-order chi connectivity index (χ1) is 12.2. The Kier molecular flexibility index (Phi) is 5.36. The summed E-state index contributed by atoms with van der Waals surface area (Å²) in [6.45, 7) is 2.60. The summed E-state index contributed by atoms with van der Waals surface area (Å²) in [4.78, 5) is 9.32. The lowest BCUT2D eigenvalue weighted by atomic mass is 10.2. The average Bonchev–Trinajstić information content (AvgIpc) is 3.10. The number of aromatic nitrogens is 2. The molecule has 0 aliphatic carbocycles. The fraction of sp³-hybridized carbons (Fsp3) is 0.167. The van der Waals surface area contributed by atoms with E-state index >= 15 is 0 Å². The van der Waals surface area contributed by atoms with Crippen molar-refractivity contribution >= 4 is 6.21 Å². The molecule has 25 heavy (non-hydrogen) atoms. The first kappa shape index (κ1) is 16.6. The zero-order valence-corrected chi connectivity index (χ0v) is 13.6. The highest BCUT2D eigenvalue weighted by atomic mass is 19.1. The van der Waals surface area contributed by atoms with E-state index in [2.05, 4.69) is 15.3 Å². The van der Waals surface area contributed by atoms with Gasteiger partial charge in [0.2, 0.25) is 5.82 Å². The van der Waals surface area contributed by atoms with Gasteiger partial charge in [-0.2, -0.15) is 4.98 Å². The smallest absolute Gasteiger partial charge is 0.267 e. The predicted octanol–water partition coefficient (Wildman–Crippen LogP) is 3.83. The van der Waals surface area contributed by atoms with Gasteiger partial charge >= 0.3 is 0 Å². The van der Waals surface area contributed by atoms with Crippen molar-refractivity contribution in [1.82, 2.24) is 10.1 Å². The summed E-state index contributed by atoms with van der Waals surface area (Å²) in [5.41, 5.74) is 1.54. The Labute approximate surface area is 143 Å². The summed E-state index contributed by atoms with van der Waals surface area (Å²) in [6.07, 6.45) is 1.58. The quantitative estimate of drug-likeness (QED) is 0.482. The molecule has 0 saturated heterocycles. The van der Waals surface area contributed by atoms with E-state index in [1.165, 1.54) is 12.1 Å². The van der Waals surface area contributed by atoms with E-state index in [9.17, 15) is 4.39 Å². The van der Waals surface area contributed by atoms with Crippen molar-refractivity contribution in [3.63, 3.8) is 0 Å². The fourth-order valence-electron chi connectivity index (χ4n) is 2.04. The number of rotatable bonds is 7. The Bertz CT molecular complexity index is 830. The number of nitrogens with zero attached hydrogens (tertiary/aromatic N) is 3. The molecule has 3 aromatic rings. The van der Waals surface area contributed by atoms with Crippen molar-refractivity contribution in [2.75, 3.05) is 6.61 Å². The second kappa shape index (κ2) is 8.05. The van der Waals surface area contributed by atoms with Crippen molar-refractivity contribution in [3.8, 4) is 17.1 Å². The van der Waals surface area contributed by atoms with E-state index in [4.69, 9.17) is 14.1 Å². The topological polar surface area (TPSA) is 69.7 Å². The number of hydrogen-bond donors (Lipinski definition) is 0. The molecule has 0 atom stereocenters. The van der Waals surface area contributed by atoms with E-state index in [1.807, 2.05) is 31.2 Å². The maximum atomic E-state index is 12.9. The number of halogens is 1. The molecule has 0 aliphatic heterocycles. The van der Waals surface area contributed by atoms with Gasteiger partial charge in [-0.1, -0.05) is 10.3 Å². The highest BCUT2D eigenvalue weighted by molar-refractivity contribution is 5.79. The Balaban J connectivity index is 1.53. The predicted molar refractivity (Wildman–Crippen MR) is 89.7 cm³/mol. The molecule has 3 rings (SSSR count). The van der Waals surface area contributed by atoms with Crippen LogP contribution in [0.1, 0.15) is 18.4 Å². The Hall–Kier alpha value is -3.22. The molecule has 2 aromatic carbocycles. The number of hydrogen-bond acceptors (Lipinski definition) is 6. The van der Waals surface area contributed by atoms with Crippen LogP contribution in [-0.4, -0.2) is 23.0 Å². The highest BCUT2D eigenvalue weighted by Crippen LogP contribution is 2.16. The number of oxime groups is 1. The molecular weight excluding hydrogens is 325 g/mol. The zero-order chi connectivity index (χ0) is 17.5. The molecule has 7 heteroatoms. The van der Waals surface area contributed by atoms with Crippen molar-refractivity contribution < 1.29 is 18.5 Å². The SMILES string of the molecule is CCOc1ccc(/C=N\OCc2nc(-c3ccc(F)cc3)no2)cc1. The van der Waals surface area contributed by atoms with Crippen LogP contribution in [0.3, 0.4) is 0 Å². The molecule has 0 unspecified atom stereocenters. The third kappa shape index (κ3) is 4.63. The lowest BCUT2D eigenvalue weighted by molar-refractivity contribution is 0.107. The summed E-state index contributed by atoms with van der Waals surface area (Å²) < 4.78 is 23.3. The normalized spacial score (nSPS) is 11.0. The van der Waals surface area contributed by atoms with Gasteiger partial charge in [-0.05, 0) is 61.0 Å². The van der Waals surface area contributed by atoms with Crippen LogP contribution >= 0.6 is 0 Å². The fourth-order valence-corrected chi connectivity index (χ4v) is 2.04. The summed E-state index contributed by atoms with van der Waals surface area (Å²) in [7, 11) is 0. The standard InChI is InChI=1S/C18H16FN3O3/c1-2-23-16-9-3-13(4-10-16)11-20-24-12-17-21-18(22-25-17)14-5-7-15(19)8-6-14/h3-11H,2,12H2,1H3/b20-11-. The molecule has 1 aromatic heterocycles. The molecule has 0 bridgehead atoms. The van der Waals surface area contributed by atoms with Crippen molar-refractivity contribution in [2.45, 2.75) is 13.5 Å². The van der Waals surface area contributed by atoms with Gasteiger partial charge in [-0.25, -0.2) is 4.39 Å². The molecule has 0 radical (unpaired) electrons. The minimum atomic E-state index is -0.320. The Morgan fingerprint density at radius 3 is 2.60 bits per heavy atom. The summed E-state index contributed by atoms with van der Waals surface area (Å²) in [6, 6.07) is 13.3. The van der Waals surface area contributed by atoms with Crippen molar-refractivity contribution in [3.05, 3.63) is 65.8 Å². The van der Waals surface area contributed by atoms with Crippen LogP contribution in [0, 0.1) is 5.82 Å². The molecular formula is C18H16FN3O3. The summed E-state index contributed by atoms with van der Waals surface area (Å²) in [5, 5.41) is 7.69. The van der Waals surface area contributed by atoms with E-state index in [1.54, 1.807) is 18.3 Å². The van der Waals surface area contributed by atoms with E-state index in [0.29, 0.717) is 18.0 Å². The Morgan fingerprint density at radius 1 is 1.12 bits per heavy atom. The van der Waals surface area contributed by atoms with Crippen LogP contribution in [-0.2, 0) is 11.4 Å². The van der Waals surface area contributed by atoms with E-state index in [-0.39, 0.29) is 18.3 Å². The maximum Gasteiger partial charge on any atom is 0.267 e. The van der Waals surface area contributed by atoms with Crippen LogP contribution < -0.4 is 4.74 Å². The van der Waals surface area contributed by atoms with Gasteiger partial charge in [0.25, 0.3) is 5.89 Å². The molecule has 0 saturated carbocycles. The number of ether oxygens (including phenoxy) is 1. The first-order valence-corrected chi connectivity index (χ1v) is 7.71. The van der Waals surface area contributed by atoms with Crippen LogP contribution in [0.5, 0.6) is 5.75 Å². The minimum absolute atomic E-state index is 0.0434. The van der Waals surface area contributed by atoms with Crippen molar-refractivity contribution in [1.29, 1.82) is 0 Å². The summed E-state index contributed by atoms with van der Waals surface area (Å²) >= 11 is 0. The largest absolute Gasteiger partial charge is 0.494 e. The second-order valence-corrected chi connectivity index (χ2v) is 5.03. The molecule has 0 aliphatic rings. The van der Waals surface area contributed by atoms with Gasteiger partial charge in [-0.3, -0.25) is 0 Å². The van der Waals surface area contributed by atoms with Crippen LogP contribution in [0.25, 0.3) is 11.4 Å². The Morgan fingerprint density at radius 2 is 1.88 bits per heavy atom. The van der Waals surface area contributed by atoms with Gasteiger partial charge in [0, 0.05) is 5.56 Å². The third-order valence-electron chi connectivity index (χ3n) is 3.23. The highest BCUT2D eigenvalue weighted by Gasteiger charge is 2.08. The molecule has 0 amide bonds. The molecule has 128 valence electrons. The van der Waals surface area contributed by atoms with Crippen LogP contribution in [0.15, 0.2) is 58.2 Å². The van der Waals surface area contributed by atoms with Gasteiger partial charge < -0.3 is 14.1 Å². The monoisotopic (exact) mass is 341 g/mol. The van der Waals surface area contributed by atoms with Crippen LogP contribution in [0.2, 0.25) is 0 Å². The molecule has 6 nitrogen and oxygen atoms in total. The summed E-state index contributed by atoms with van der Waals surface area (Å²) in [5.74, 6) is 1.14. The third-order valence-corrected chi connectivity index (χ3v) is 3.23. The molecule has 1 heterocycles. The minimum Gasteiger partial charge on any atom is -0.494 e. The van der Waals surface area contributed by atoms with Crippen molar-refractivity contribution in [2.24, 2.45) is 5.16 Å². The molecule has 0 fully saturated rings. The lowest BCUT2D eigenvalue weighted by Crippen LogP contribution is -1.92. The van der Waals surface area contributed by atoms with E-state index in [0.717, 1.165) is 11.3 Å². The lowest BCUT2D eigenvalue weighted by Gasteiger charge is -2.01. The van der Waals surface area contributed by atoms with E-state index < -0.39 is 0 Å². The van der Waals surface area contributed by atoms with Gasteiger partial charge in [-0.15, -0.1) is 0 Å². The van der Waals surface area contributed by atoms with Gasteiger partial charge in [0.1, 0.15) is 11.6 Å². The molecule has 0 N–H and O–H groups in total. The molecule has 0 spiro atoms. The maximum absolute atomic E-state index is 12.9. The van der Waals surface area contributed by atoms with Gasteiger partial charge in [0.05, 0.1) is 12.8 Å². The second-order valence-electron chi connectivity index (χ2n) is 5.03. The van der Waals surface area contributed by atoms with Gasteiger partial charge in [0.15, 0.2) is 6.61 Å².